The van der Waals surface area contributed by atoms with Gasteiger partial charge in [0.2, 0.25) is 5.91 Å². The van der Waals surface area contributed by atoms with Crippen LogP contribution in [0.2, 0.25) is 0 Å². The van der Waals surface area contributed by atoms with E-state index in [0.717, 1.165) is 11.4 Å². The van der Waals surface area contributed by atoms with Crippen LogP contribution in [0.1, 0.15) is 20.8 Å². The second kappa shape index (κ2) is 11.1. The summed E-state index contributed by atoms with van der Waals surface area (Å²) in [4.78, 5) is 12.3. The van der Waals surface area contributed by atoms with Crippen molar-refractivity contribution in [2.45, 2.75) is 26.9 Å². The predicted octanol–water partition coefficient (Wildman–Crippen LogP) is 3.94. The number of para-hydroxylation sites is 2. The summed E-state index contributed by atoms with van der Waals surface area (Å²) in [6, 6.07) is 14.9. The number of carbonyl (C=O) groups is 1. The van der Waals surface area contributed by atoms with Crippen LogP contribution in [-0.2, 0) is 9.53 Å². The number of anilines is 2. The minimum Gasteiger partial charge on any atom is -0.491 e. The topological polar surface area (TPSA) is 68.8 Å². The molecule has 0 fully saturated rings. The fourth-order valence-corrected chi connectivity index (χ4v) is 2.38. The summed E-state index contributed by atoms with van der Waals surface area (Å²) in [5, 5.41) is 5.98. The van der Waals surface area contributed by atoms with E-state index in [4.69, 9.17) is 14.2 Å². The van der Waals surface area contributed by atoms with Gasteiger partial charge in [-0.05, 0) is 45.0 Å². The molecular weight excluding hydrogens is 344 g/mol. The lowest BCUT2D eigenvalue weighted by molar-refractivity contribution is -0.114. The zero-order valence-corrected chi connectivity index (χ0v) is 16.2. The van der Waals surface area contributed by atoms with Crippen LogP contribution in [0.15, 0.2) is 48.5 Å². The van der Waals surface area contributed by atoms with Crippen molar-refractivity contribution in [3.63, 3.8) is 0 Å². The third kappa shape index (κ3) is 7.58. The van der Waals surface area contributed by atoms with E-state index in [9.17, 15) is 4.79 Å². The lowest BCUT2D eigenvalue weighted by Gasteiger charge is -2.15. The summed E-state index contributed by atoms with van der Waals surface area (Å²) in [5.74, 6) is 1.27. The first-order valence-electron chi connectivity index (χ1n) is 9.18. The first-order valence-corrected chi connectivity index (χ1v) is 9.18. The van der Waals surface area contributed by atoms with Crippen molar-refractivity contribution in [2.75, 3.05) is 37.0 Å². The molecule has 0 radical (unpaired) electrons. The zero-order valence-electron chi connectivity index (χ0n) is 16.2. The van der Waals surface area contributed by atoms with Gasteiger partial charge in [0.15, 0.2) is 0 Å². The maximum atomic E-state index is 12.3. The summed E-state index contributed by atoms with van der Waals surface area (Å²) in [5.41, 5.74) is 1.47. The fourth-order valence-electron chi connectivity index (χ4n) is 2.38. The normalized spacial score (nSPS) is 10.5. The van der Waals surface area contributed by atoms with E-state index in [1.165, 1.54) is 0 Å². The van der Waals surface area contributed by atoms with E-state index in [2.05, 4.69) is 10.6 Å². The Morgan fingerprint density at radius 3 is 2.67 bits per heavy atom. The van der Waals surface area contributed by atoms with E-state index in [1.807, 2.05) is 63.2 Å². The van der Waals surface area contributed by atoms with E-state index in [-0.39, 0.29) is 18.6 Å². The van der Waals surface area contributed by atoms with Gasteiger partial charge in [0.1, 0.15) is 18.1 Å². The third-order valence-corrected chi connectivity index (χ3v) is 3.51. The molecule has 0 aromatic heterocycles. The number of hydrogen-bond donors (Lipinski definition) is 2. The van der Waals surface area contributed by atoms with E-state index < -0.39 is 0 Å². The minimum atomic E-state index is -0.152. The van der Waals surface area contributed by atoms with Crippen LogP contribution in [0, 0.1) is 0 Å². The van der Waals surface area contributed by atoms with E-state index in [0.29, 0.717) is 31.3 Å². The third-order valence-electron chi connectivity index (χ3n) is 3.51. The molecule has 2 aromatic carbocycles. The molecule has 6 heteroatoms. The van der Waals surface area contributed by atoms with Crippen molar-refractivity contribution in [3.05, 3.63) is 48.5 Å². The second-order valence-corrected chi connectivity index (χ2v) is 6.14. The highest BCUT2D eigenvalue weighted by Crippen LogP contribution is 2.24. The highest BCUT2D eigenvalue weighted by Gasteiger charge is 2.08. The van der Waals surface area contributed by atoms with Gasteiger partial charge in [0.05, 0.1) is 24.9 Å². The van der Waals surface area contributed by atoms with Crippen molar-refractivity contribution >= 4 is 17.3 Å². The van der Waals surface area contributed by atoms with Gasteiger partial charge in [-0.15, -0.1) is 0 Å². The quantitative estimate of drug-likeness (QED) is 0.585. The Morgan fingerprint density at radius 2 is 1.89 bits per heavy atom. The minimum absolute atomic E-state index is 0.0623. The molecule has 0 atom stereocenters. The summed E-state index contributed by atoms with van der Waals surface area (Å²) in [7, 11) is 0. The molecule has 146 valence electrons. The van der Waals surface area contributed by atoms with Crippen LogP contribution >= 0.6 is 0 Å². The average molecular weight is 372 g/mol. The van der Waals surface area contributed by atoms with Crippen LogP contribution in [0.4, 0.5) is 11.4 Å². The molecule has 2 N–H and O–H groups in total. The molecule has 1 amide bonds. The molecule has 0 spiro atoms. The maximum absolute atomic E-state index is 12.3. The SMILES string of the molecule is CCOCCOc1cccc(NC(=O)CNc2ccccc2OC(C)C)c1. The molecule has 0 aliphatic carbocycles. The Morgan fingerprint density at radius 1 is 1.07 bits per heavy atom. The molecule has 0 unspecified atom stereocenters. The van der Waals surface area contributed by atoms with Gasteiger partial charge in [-0.1, -0.05) is 18.2 Å². The zero-order chi connectivity index (χ0) is 19.5. The number of rotatable bonds is 11. The number of benzene rings is 2. The first kappa shape index (κ1) is 20.6. The largest absolute Gasteiger partial charge is 0.491 e. The average Bonchev–Trinajstić information content (AvgIpc) is 2.64. The second-order valence-electron chi connectivity index (χ2n) is 6.14. The lowest BCUT2D eigenvalue weighted by Crippen LogP contribution is -2.22. The van der Waals surface area contributed by atoms with Crippen LogP contribution in [0.3, 0.4) is 0 Å². The molecule has 6 nitrogen and oxygen atoms in total. The highest BCUT2D eigenvalue weighted by molar-refractivity contribution is 5.94. The molecule has 0 saturated heterocycles. The van der Waals surface area contributed by atoms with E-state index >= 15 is 0 Å². The first-order chi connectivity index (χ1) is 13.1. The van der Waals surface area contributed by atoms with Crippen molar-refractivity contribution in [3.8, 4) is 11.5 Å². The number of carbonyl (C=O) groups excluding carboxylic acids is 1. The fraction of sp³-hybridized carbons (Fsp3) is 0.381. The van der Waals surface area contributed by atoms with Crippen LogP contribution in [0.5, 0.6) is 11.5 Å². The van der Waals surface area contributed by atoms with Crippen LogP contribution in [0.25, 0.3) is 0 Å². The molecule has 0 aliphatic rings. The number of ether oxygens (including phenoxy) is 3. The highest BCUT2D eigenvalue weighted by atomic mass is 16.5. The monoisotopic (exact) mass is 372 g/mol. The van der Waals surface area contributed by atoms with Crippen molar-refractivity contribution in [1.82, 2.24) is 0 Å². The predicted molar refractivity (Wildman–Crippen MR) is 108 cm³/mol. The van der Waals surface area contributed by atoms with Crippen molar-refractivity contribution in [1.29, 1.82) is 0 Å². The molecule has 0 heterocycles. The summed E-state index contributed by atoms with van der Waals surface area (Å²) in [6.07, 6.45) is 0.0623. The Kier molecular flexibility index (Phi) is 8.45. The smallest absolute Gasteiger partial charge is 0.243 e. The Balaban J connectivity index is 1.86. The van der Waals surface area contributed by atoms with E-state index in [1.54, 1.807) is 6.07 Å². The molecule has 2 aromatic rings. The molecule has 0 aliphatic heterocycles. The summed E-state index contributed by atoms with van der Waals surface area (Å²) >= 11 is 0. The lowest BCUT2D eigenvalue weighted by atomic mass is 10.2. The summed E-state index contributed by atoms with van der Waals surface area (Å²) in [6.45, 7) is 7.68. The number of hydrogen-bond acceptors (Lipinski definition) is 5. The van der Waals surface area contributed by atoms with Crippen LogP contribution < -0.4 is 20.1 Å². The Labute approximate surface area is 160 Å². The molecule has 27 heavy (non-hydrogen) atoms. The summed E-state index contributed by atoms with van der Waals surface area (Å²) < 4.78 is 16.6. The van der Waals surface area contributed by atoms with Gasteiger partial charge in [0.25, 0.3) is 0 Å². The number of nitrogens with one attached hydrogen (secondary N) is 2. The van der Waals surface area contributed by atoms with Gasteiger partial charge in [-0.25, -0.2) is 0 Å². The van der Waals surface area contributed by atoms with Gasteiger partial charge < -0.3 is 24.8 Å². The Hall–Kier alpha value is -2.73. The van der Waals surface area contributed by atoms with Crippen molar-refractivity contribution < 1.29 is 19.0 Å². The van der Waals surface area contributed by atoms with Crippen LogP contribution in [-0.4, -0.2) is 38.4 Å². The molecule has 0 bridgehead atoms. The van der Waals surface area contributed by atoms with Gasteiger partial charge >= 0.3 is 0 Å². The molecule has 0 saturated carbocycles. The van der Waals surface area contributed by atoms with Gasteiger partial charge in [-0.2, -0.15) is 0 Å². The van der Waals surface area contributed by atoms with Gasteiger partial charge in [0, 0.05) is 18.4 Å². The van der Waals surface area contributed by atoms with Gasteiger partial charge in [-0.3, -0.25) is 4.79 Å². The number of amides is 1. The van der Waals surface area contributed by atoms with Crippen molar-refractivity contribution in [2.24, 2.45) is 0 Å². The molecular formula is C21H28N2O4. The standard InChI is InChI=1S/C21H28N2O4/c1-4-25-12-13-26-18-9-7-8-17(14-18)23-21(24)15-22-19-10-5-6-11-20(19)27-16(2)3/h5-11,14,16,22H,4,12-13,15H2,1-3H3,(H,23,24). The molecule has 2 rings (SSSR count). The maximum Gasteiger partial charge on any atom is 0.243 e. The Bertz CT molecular complexity index is 719.